The molecule has 0 spiro atoms. The summed E-state index contributed by atoms with van der Waals surface area (Å²) in [6, 6.07) is 7.99. The summed E-state index contributed by atoms with van der Waals surface area (Å²) in [6.07, 6.45) is 0.741. The van der Waals surface area contributed by atoms with Crippen molar-refractivity contribution in [2.75, 3.05) is 5.75 Å². The highest BCUT2D eigenvalue weighted by Gasteiger charge is 2.08. The van der Waals surface area contributed by atoms with Crippen LogP contribution in [0.5, 0.6) is 0 Å². The Hall–Kier alpha value is -0.660. The lowest BCUT2D eigenvalue weighted by atomic mass is 9.97. The monoisotopic (exact) mass is 296 g/mol. The van der Waals surface area contributed by atoms with Gasteiger partial charge in [-0.2, -0.15) is 0 Å². The first-order valence-corrected chi connectivity index (χ1v) is 7.62. The lowest BCUT2D eigenvalue weighted by Gasteiger charge is -2.13. The quantitative estimate of drug-likeness (QED) is 0.376. The summed E-state index contributed by atoms with van der Waals surface area (Å²) in [4.78, 5) is 1.08. The minimum Gasteiger partial charge on any atom is -0.271 e. The molecule has 104 valence electrons. The van der Waals surface area contributed by atoms with Gasteiger partial charge in [0.05, 0.1) is 5.02 Å². The lowest BCUT2D eigenvalue weighted by molar-refractivity contribution is 0.564. The summed E-state index contributed by atoms with van der Waals surface area (Å²) in [6.45, 7) is 6.30. The third kappa shape index (κ3) is 6.89. The van der Waals surface area contributed by atoms with E-state index >= 15 is 0 Å². The van der Waals surface area contributed by atoms with Crippen molar-refractivity contribution in [1.82, 2.24) is 5.43 Å². The minimum atomic E-state index is 0.0367. The van der Waals surface area contributed by atoms with Crippen molar-refractivity contribution in [2.24, 2.45) is 11.3 Å². The first-order valence-electron chi connectivity index (χ1n) is 6.26. The van der Waals surface area contributed by atoms with Gasteiger partial charge in [0.1, 0.15) is 0 Å². The highest BCUT2D eigenvalue weighted by Crippen LogP contribution is 2.27. The maximum absolute atomic E-state index is 6.11. The first-order chi connectivity index (χ1) is 8.92. The molecule has 1 aromatic rings. The fourth-order valence-corrected chi connectivity index (χ4v) is 2.63. The molecule has 0 amide bonds. The molecule has 0 aromatic heterocycles. The fraction of sp³-hybridized carbons (Fsp3) is 0.467. The van der Waals surface area contributed by atoms with Crippen molar-refractivity contribution in [3.8, 4) is 11.8 Å². The number of rotatable bonds is 5. The van der Waals surface area contributed by atoms with Crippen LogP contribution in [0.1, 0.15) is 27.2 Å². The summed E-state index contributed by atoms with van der Waals surface area (Å²) in [7, 11) is 0. The summed E-state index contributed by atoms with van der Waals surface area (Å²) in [5.74, 6) is 12.8. The van der Waals surface area contributed by atoms with Gasteiger partial charge in [-0.1, -0.05) is 29.7 Å². The van der Waals surface area contributed by atoms with E-state index < -0.39 is 0 Å². The van der Waals surface area contributed by atoms with Gasteiger partial charge < -0.3 is 0 Å². The topological polar surface area (TPSA) is 38.0 Å². The first kappa shape index (κ1) is 16.4. The molecule has 1 aromatic carbocycles. The Balaban J connectivity index is 2.49. The Bertz CT molecular complexity index is 457. The summed E-state index contributed by atoms with van der Waals surface area (Å²) in [5, 5.41) is 0.782. The summed E-state index contributed by atoms with van der Waals surface area (Å²) in [5.41, 5.74) is 2.85. The normalized spacial score (nSPS) is 12.7. The van der Waals surface area contributed by atoms with Crippen LogP contribution in [0.4, 0.5) is 0 Å². The number of halogens is 1. The van der Waals surface area contributed by atoms with Crippen LogP contribution < -0.4 is 11.3 Å². The van der Waals surface area contributed by atoms with Crippen molar-refractivity contribution in [1.29, 1.82) is 0 Å². The zero-order valence-electron chi connectivity index (χ0n) is 11.7. The molecule has 3 N–H and O–H groups in total. The molecule has 2 nitrogen and oxygen atoms in total. The molecule has 0 aliphatic carbocycles. The van der Waals surface area contributed by atoms with E-state index in [2.05, 4.69) is 38.0 Å². The molecule has 1 rings (SSSR count). The molecule has 0 bridgehead atoms. The van der Waals surface area contributed by atoms with E-state index in [9.17, 15) is 0 Å². The highest BCUT2D eigenvalue weighted by molar-refractivity contribution is 7.99. The largest absolute Gasteiger partial charge is 0.271 e. The SMILES string of the molecule is CC(C)(C)C#CCC(CSc1ccccc1Cl)NN. The van der Waals surface area contributed by atoms with Crippen molar-refractivity contribution in [3.63, 3.8) is 0 Å². The number of hydrogen-bond acceptors (Lipinski definition) is 3. The van der Waals surface area contributed by atoms with E-state index in [0.717, 1.165) is 22.1 Å². The van der Waals surface area contributed by atoms with Gasteiger partial charge >= 0.3 is 0 Å². The van der Waals surface area contributed by atoms with Gasteiger partial charge in [-0.05, 0) is 32.9 Å². The molecule has 0 aliphatic heterocycles. The standard InChI is InChI=1S/C15H21ClN2S/c1-15(2,3)10-6-7-12(18-17)11-19-14-9-5-4-8-13(14)16/h4-5,8-9,12,18H,7,11,17H2,1-3H3. The van der Waals surface area contributed by atoms with Crippen LogP contribution in [-0.2, 0) is 0 Å². The van der Waals surface area contributed by atoms with Gasteiger partial charge in [0.25, 0.3) is 0 Å². The molecule has 19 heavy (non-hydrogen) atoms. The molecule has 4 heteroatoms. The molecule has 0 saturated heterocycles. The Morgan fingerprint density at radius 2 is 2.05 bits per heavy atom. The summed E-state index contributed by atoms with van der Waals surface area (Å²) >= 11 is 7.81. The third-order valence-electron chi connectivity index (χ3n) is 2.32. The van der Waals surface area contributed by atoms with Crippen LogP contribution in [0.25, 0.3) is 0 Å². The van der Waals surface area contributed by atoms with E-state index in [4.69, 9.17) is 17.4 Å². The Kier molecular flexibility index (Phi) is 6.74. The van der Waals surface area contributed by atoms with E-state index in [1.807, 2.05) is 24.3 Å². The number of hydrazine groups is 1. The van der Waals surface area contributed by atoms with Crippen LogP contribution >= 0.6 is 23.4 Å². The van der Waals surface area contributed by atoms with Gasteiger partial charge in [-0.3, -0.25) is 11.3 Å². The molecule has 0 heterocycles. The van der Waals surface area contributed by atoms with E-state index in [0.29, 0.717) is 0 Å². The van der Waals surface area contributed by atoms with Gasteiger partial charge in [0.2, 0.25) is 0 Å². The molecule has 0 aliphatic rings. The van der Waals surface area contributed by atoms with Gasteiger partial charge in [-0.25, -0.2) is 0 Å². The average Bonchev–Trinajstić information content (AvgIpc) is 2.34. The number of nitrogens with two attached hydrogens (primary N) is 1. The van der Waals surface area contributed by atoms with E-state index in [1.165, 1.54) is 0 Å². The Morgan fingerprint density at radius 1 is 1.37 bits per heavy atom. The van der Waals surface area contributed by atoms with Gasteiger partial charge in [0.15, 0.2) is 0 Å². The van der Waals surface area contributed by atoms with Crippen LogP contribution in [0.3, 0.4) is 0 Å². The van der Waals surface area contributed by atoms with Gasteiger partial charge in [-0.15, -0.1) is 17.7 Å². The average molecular weight is 297 g/mol. The minimum absolute atomic E-state index is 0.0367. The predicted octanol–water partition coefficient (Wildman–Crippen LogP) is 3.70. The smallest absolute Gasteiger partial charge is 0.0541 e. The molecular weight excluding hydrogens is 276 g/mol. The fourth-order valence-electron chi connectivity index (χ4n) is 1.36. The van der Waals surface area contributed by atoms with Crippen molar-refractivity contribution in [2.45, 2.75) is 38.1 Å². The number of hydrogen-bond donors (Lipinski definition) is 2. The van der Waals surface area contributed by atoms with Crippen molar-refractivity contribution in [3.05, 3.63) is 29.3 Å². The molecule has 0 fully saturated rings. The maximum atomic E-state index is 6.11. The molecule has 0 saturated carbocycles. The molecule has 1 atom stereocenters. The number of nitrogens with one attached hydrogen (secondary N) is 1. The Labute approximate surface area is 125 Å². The lowest BCUT2D eigenvalue weighted by Crippen LogP contribution is -2.36. The molecule has 1 unspecified atom stereocenters. The Morgan fingerprint density at radius 3 is 2.63 bits per heavy atom. The van der Waals surface area contributed by atoms with E-state index in [1.54, 1.807) is 11.8 Å². The van der Waals surface area contributed by atoms with Crippen LogP contribution in [-0.4, -0.2) is 11.8 Å². The second-order valence-electron chi connectivity index (χ2n) is 5.36. The second-order valence-corrected chi connectivity index (χ2v) is 6.83. The number of thioether (sulfide) groups is 1. The maximum Gasteiger partial charge on any atom is 0.0541 e. The highest BCUT2D eigenvalue weighted by atomic mass is 35.5. The van der Waals surface area contributed by atoms with Crippen LogP contribution in [0.15, 0.2) is 29.2 Å². The second kappa shape index (κ2) is 7.81. The summed E-state index contributed by atoms with van der Waals surface area (Å²) < 4.78 is 0. The van der Waals surface area contributed by atoms with Crippen molar-refractivity contribution < 1.29 is 0 Å². The third-order valence-corrected chi connectivity index (χ3v) is 4.00. The zero-order chi connectivity index (χ0) is 14.3. The van der Waals surface area contributed by atoms with Crippen LogP contribution in [0.2, 0.25) is 5.02 Å². The number of benzene rings is 1. The van der Waals surface area contributed by atoms with Gasteiger partial charge in [0, 0.05) is 28.5 Å². The zero-order valence-corrected chi connectivity index (χ0v) is 13.2. The van der Waals surface area contributed by atoms with Crippen LogP contribution in [0, 0.1) is 17.3 Å². The van der Waals surface area contributed by atoms with E-state index in [-0.39, 0.29) is 11.5 Å². The predicted molar refractivity (Wildman–Crippen MR) is 85.1 cm³/mol. The molecule has 0 radical (unpaired) electrons. The molecular formula is C15H21ClN2S. The van der Waals surface area contributed by atoms with Crippen molar-refractivity contribution >= 4 is 23.4 Å².